The van der Waals surface area contributed by atoms with Crippen LogP contribution in [0.4, 0.5) is 5.82 Å². The van der Waals surface area contributed by atoms with Crippen LogP contribution in [0.5, 0.6) is 5.75 Å². The number of piperazine rings is 1. The first kappa shape index (κ1) is 17.7. The third-order valence-corrected chi connectivity index (χ3v) is 4.43. The van der Waals surface area contributed by atoms with Crippen LogP contribution in [-0.4, -0.2) is 55.5 Å². The molecule has 1 fully saturated rings. The first-order valence-corrected chi connectivity index (χ1v) is 8.51. The van der Waals surface area contributed by atoms with Crippen molar-refractivity contribution in [2.75, 3.05) is 38.2 Å². The summed E-state index contributed by atoms with van der Waals surface area (Å²) >= 11 is 0. The summed E-state index contributed by atoms with van der Waals surface area (Å²) in [4.78, 5) is 31.5. The third-order valence-electron chi connectivity index (χ3n) is 4.43. The van der Waals surface area contributed by atoms with Gasteiger partial charge in [0.2, 0.25) is 6.41 Å². The van der Waals surface area contributed by atoms with E-state index in [-0.39, 0.29) is 5.91 Å². The lowest BCUT2D eigenvalue weighted by Gasteiger charge is -2.33. The number of nitrogens with zero attached hydrogens (tertiary/aromatic N) is 3. The molecule has 7 heteroatoms. The zero-order chi connectivity index (χ0) is 18.4. The quantitative estimate of drug-likeness (QED) is 0.792. The number of pyridine rings is 1. The van der Waals surface area contributed by atoms with Gasteiger partial charge in [-0.1, -0.05) is 18.2 Å². The molecule has 2 aromatic rings. The topological polar surface area (TPSA) is 74.8 Å². The molecular weight excluding hydrogens is 332 g/mol. The van der Waals surface area contributed by atoms with Crippen LogP contribution in [0.15, 0.2) is 42.6 Å². The molecular formula is C19H22N4O3. The lowest BCUT2D eigenvalue weighted by atomic mass is 10.2. The summed E-state index contributed by atoms with van der Waals surface area (Å²) < 4.78 is 5.30. The van der Waals surface area contributed by atoms with Gasteiger partial charge in [-0.3, -0.25) is 9.59 Å². The average Bonchev–Trinajstić information content (AvgIpc) is 2.72. The number of carbonyl (C=O) groups excluding carboxylic acids is 2. The number of benzene rings is 1. The normalized spacial score (nSPS) is 14.0. The molecule has 2 amide bonds. The number of hydrogen-bond donors (Lipinski definition) is 1. The van der Waals surface area contributed by atoms with Crippen molar-refractivity contribution in [2.24, 2.45) is 0 Å². The Bertz CT molecular complexity index is 773. The van der Waals surface area contributed by atoms with Crippen LogP contribution in [0.2, 0.25) is 0 Å². The van der Waals surface area contributed by atoms with Crippen LogP contribution in [-0.2, 0) is 11.3 Å². The molecule has 1 aromatic heterocycles. The fourth-order valence-electron chi connectivity index (χ4n) is 2.92. The van der Waals surface area contributed by atoms with Gasteiger partial charge in [0.1, 0.15) is 11.6 Å². The monoisotopic (exact) mass is 354 g/mol. The molecule has 1 aliphatic heterocycles. The highest BCUT2D eigenvalue weighted by molar-refractivity contribution is 5.94. The van der Waals surface area contributed by atoms with E-state index in [4.69, 9.17) is 4.74 Å². The average molecular weight is 354 g/mol. The smallest absolute Gasteiger partial charge is 0.251 e. The molecule has 0 radical (unpaired) electrons. The number of aromatic nitrogens is 1. The van der Waals surface area contributed by atoms with Gasteiger partial charge in [-0.05, 0) is 18.2 Å². The highest BCUT2D eigenvalue weighted by Gasteiger charge is 2.18. The molecule has 0 aliphatic carbocycles. The second-order valence-electron chi connectivity index (χ2n) is 6.03. The van der Waals surface area contributed by atoms with Gasteiger partial charge in [-0.25, -0.2) is 4.98 Å². The van der Waals surface area contributed by atoms with E-state index in [0.717, 1.165) is 23.5 Å². The Morgan fingerprint density at radius 1 is 1.23 bits per heavy atom. The predicted octanol–water partition coefficient (Wildman–Crippen LogP) is 1.30. The number of carbonyl (C=O) groups is 2. The van der Waals surface area contributed by atoms with Gasteiger partial charge in [0.15, 0.2) is 0 Å². The van der Waals surface area contributed by atoms with E-state index in [0.29, 0.717) is 38.3 Å². The first-order valence-electron chi connectivity index (χ1n) is 8.51. The van der Waals surface area contributed by atoms with Crippen LogP contribution >= 0.6 is 0 Å². The minimum atomic E-state index is -0.161. The molecule has 2 heterocycles. The Labute approximate surface area is 152 Å². The number of amides is 2. The summed E-state index contributed by atoms with van der Waals surface area (Å²) in [6.45, 7) is 3.12. The van der Waals surface area contributed by atoms with Gasteiger partial charge >= 0.3 is 0 Å². The maximum Gasteiger partial charge on any atom is 0.251 e. The Morgan fingerprint density at radius 3 is 2.73 bits per heavy atom. The van der Waals surface area contributed by atoms with E-state index >= 15 is 0 Å². The fraction of sp³-hybridized carbons (Fsp3) is 0.316. The van der Waals surface area contributed by atoms with Crippen molar-refractivity contribution in [2.45, 2.75) is 6.54 Å². The Balaban J connectivity index is 1.64. The number of nitrogens with one attached hydrogen (secondary N) is 1. The maximum absolute atomic E-state index is 12.5. The van der Waals surface area contributed by atoms with Crippen LogP contribution < -0.4 is 15.0 Å². The molecule has 1 aromatic carbocycles. The summed E-state index contributed by atoms with van der Waals surface area (Å²) in [7, 11) is 1.61. The Hall–Kier alpha value is -3.09. The summed E-state index contributed by atoms with van der Waals surface area (Å²) in [5.74, 6) is 1.34. The van der Waals surface area contributed by atoms with Crippen LogP contribution in [0.1, 0.15) is 15.9 Å². The number of methoxy groups -OCH3 is 1. The molecule has 1 aliphatic rings. The molecule has 7 nitrogen and oxygen atoms in total. The van der Waals surface area contributed by atoms with Gasteiger partial charge < -0.3 is 19.9 Å². The molecule has 0 saturated carbocycles. The zero-order valence-corrected chi connectivity index (χ0v) is 14.7. The molecule has 0 spiro atoms. The maximum atomic E-state index is 12.5. The lowest BCUT2D eigenvalue weighted by molar-refractivity contribution is -0.118. The van der Waals surface area contributed by atoms with Crippen molar-refractivity contribution in [3.8, 4) is 5.75 Å². The molecule has 3 rings (SSSR count). The van der Waals surface area contributed by atoms with Crippen LogP contribution in [0.3, 0.4) is 0 Å². The molecule has 1 saturated heterocycles. The fourth-order valence-corrected chi connectivity index (χ4v) is 2.92. The zero-order valence-electron chi connectivity index (χ0n) is 14.7. The van der Waals surface area contributed by atoms with Crippen LogP contribution in [0, 0.1) is 0 Å². The predicted molar refractivity (Wildman–Crippen MR) is 98.3 cm³/mol. The van der Waals surface area contributed by atoms with Crippen molar-refractivity contribution < 1.29 is 14.3 Å². The SMILES string of the molecule is COc1ccccc1CNC(=O)c1ccnc(N2CCN(C=O)CC2)c1. The standard InChI is InChI=1S/C19H22N4O3/c1-26-17-5-3-2-4-16(17)13-21-19(25)15-6-7-20-18(12-15)23-10-8-22(14-24)9-11-23/h2-7,12,14H,8-11,13H2,1H3,(H,21,25). The molecule has 26 heavy (non-hydrogen) atoms. The summed E-state index contributed by atoms with van der Waals surface area (Å²) in [6.07, 6.45) is 2.51. The summed E-state index contributed by atoms with van der Waals surface area (Å²) in [5.41, 5.74) is 1.48. The second kappa shape index (κ2) is 8.33. The van der Waals surface area contributed by atoms with E-state index in [2.05, 4.69) is 15.2 Å². The molecule has 136 valence electrons. The van der Waals surface area contributed by atoms with E-state index < -0.39 is 0 Å². The van der Waals surface area contributed by atoms with Crippen molar-refractivity contribution in [3.63, 3.8) is 0 Å². The second-order valence-corrected chi connectivity index (χ2v) is 6.03. The van der Waals surface area contributed by atoms with Gasteiger partial charge in [0.25, 0.3) is 5.91 Å². The van der Waals surface area contributed by atoms with E-state index in [1.54, 1.807) is 30.3 Å². The van der Waals surface area contributed by atoms with Gasteiger partial charge in [0.05, 0.1) is 7.11 Å². The van der Waals surface area contributed by atoms with Crippen molar-refractivity contribution in [1.29, 1.82) is 0 Å². The van der Waals surface area contributed by atoms with Gasteiger partial charge in [-0.2, -0.15) is 0 Å². The van der Waals surface area contributed by atoms with E-state index in [1.165, 1.54) is 0 Å². The van der Waals surface area contributed by atoms with Crippen molar-refractivity contribution in [3.05, 3.63) is 53.7 Å². The molecule has 0 bridgehead atoms. The lowest BCUT2D eigenvalue weighted by Crippen LogP contribution is -2.46. The molecule has 1 N–H and O–H groups in total. The molecule has 0 unspecified atom stereocenters. The largest absolute Gasteiger partial charge is 0.496 e. The summed E-state index contributed by atoms with van der Waals surface area (Å²) in [5, 5.41) is 2.92. The van der Waals surface area contributed by atoms with Crippen LogP contribution in [0.25, 0.3) is 0 Å². The van der Waals surface area contributed by atoms with E-state index in [9.17, 15) is 9.59 Å². The highest BCUT2D eigenvalue weighted by Crippen LogP contribution is 2.18. The first-order chi connectivity index (χ1) is 12.7. The number of para-hydroxylation sites is 1. The summed E-state index contributed by atoms with van der Waals surface area (Å²) in [6, 6.07) is 11.1. The van der Waals surface area contributed by atoms with Crippen molar-refractivity contribution in [1.82, 2.24) is 15.2 Å². The van der Waals surface area contributed by atoms with Gasteiger partial charge in [-0.15, -0.1) is 0 Å². The van der Waals surface area contributed by atoms with E-state index in [1.807, 2.05) is 24.3 Å². The molecule has 0 atom stereocenters. The van der Waals surface area contributed by atoms with Gasteiger partial charge in [0, 0.05) is 50.0 Å². The third kappa shape index (κ3) is 4.11. The minimum Gasteiger partial charge on any atom is -0.496 e. The number of ether oxygens (including phenoxy) is 1. The number of anilines is 1. The number of hydrogen-bond acceptors (Lipinski definition) is 5. The Morgan fingerprint density at radius 2 is 2.00 bits per heavy atom. The number of rotatable bonds is 6. The Kier molecular flexibility index (Phi) is 5.68. The highest BCUT2D eigenvalue weighted by atomic mass is 16.5. The van der Waals surface area contributed by atoms with Crippen molar-refractivity contribution >= 4 is 18.1 Å². The minimum absolute atomic E-state index is 0.161.